The lowest BCUT2D eigenvalue weighted by molar-refractivity contribution is -0.140. The molecular weight excluding hydrogens is 234 g/mol. The zero-order valence-electron chi connectivity index (χ0n) is 10.2. The summed E-state index contributed by atoms with van der Waals surface area (Å²) < 4.78 is 0. The molecule has 0 saturated carbocycles. The molecule has 0 saturated heterocycles. The van der Waals surface area contributed by atoms with E-state index in [0.29, 0.717) is 24.8 Å². The van der Waals surface area contributed by atoms with Gasteiger partial charge >= 0.3 is 11.9 Å². The molecule has 0 radical (unpaired) electrons. The first-order chi connectivity index (χ1) is 8.38. The Bertz CT molecular complexity index is 392. The number of nitrogens with zero attached hydrogens (tertiary/aromatic N) is 1. The highest BCUT2D eigenvalue weighted by atomic mass is 16.4. The third kappa shape index (κ3) is 6.48. The molecule has 0 fully saturated rings. The van der Waals surface area contributed by atoms with Gasteiger partial charge in [-0.2, -0.15) is 5.26 Å². The van der Waals surface area contributed by atoms with Gasteiger partial charge in [-0.05, 0) is 25.7 Å². The standard InChI is InChI=1S/C13H17NO4/c1-9(4-3-5-12(15)16)10(2)6-7-11(8-14)13(17)18/h11H,1-7H2,(H,15,16)(H,17,18). The number of rotatable bonds is 9. The van der Waals surface area contributed by atoms with Crippen LogP contribution in [0, 0.1) is 17.2 Å². The van der Waals surface area contributed by atoms with Crippen LogP contribution in [0.1, 0.15) is 32.1 Å². The van der Waals surface area contributed by atoms with Crippen molar-refractivity contribution in [3.63, 3.8) is 0 Å². The van der Waals surface area contributed by atoms with Gasteiger partial charge in [0.25, 0.3) is 0 Å². The minimum absolute atomic E-state index is 0.0717. The molecule has 0 heterocycles. The van der Waals surface area contributed by atoms with Gasteiger partial charge in [-0.3, -0.25) is 9.59 Å². The van der Waals surface area contributed by atoms with E-state index >= 15 is 0 Å². The molecule has 5 nitrogen and oxygen atoms in total. The van der Waals surface area contributed by atoms with Crippen LogP contribution in [-0.4, -0.2) is 22.2 Å². The first-order valence-electron chi connectivity index (χ1n) is 5.58. The van der Waals surface area contributed by atoms with Crippen LogP contribution < -0.4 is 0 Å². The number of aliphatic carboxylic acids is 2. The lowest BCUT2D eigenvalue weighted by Gasteiger charge is -2.09. The summed E-state index contributed by atoms with van der Waals surface area (Å²) in [6.07, 6.45) is 1.66. The number of allylic oxidation sites excluding steroid dienone is 2. The van der Waals surface area contributed by atoms with Gasteiger partial charge in [0.2, 0.25) is 0 Å². The molecule has 18 heavy (non-hydrogen) atoms. The lowest BCUT2D eigenvalue weighted by atomic mass is 9.95. The van der Waals surface area contributed by atoms with Gasteiger partial charge in [-0.25, -0.2) is 0 Å². The maximum atomic E-state index is 10.6. The van der Waals surface area contributed by atoms with Gasteiger partial charge in [0, 0.05) is 6.42 Å². The number of carbonyl (C=O) groups is 2. The molecule has 5 heteroatoms. The van der Waals surface area contributed by atoms with Crippen molar-refractivity contribution < 1.29 is 19.8 Å². The molecule has 0 aliphatic heterocycles. The van der Waals surface area contributed by atoms with Crippen LogP contribution in [0.4, 0.5) is 0 Å². The van der Waals surface area contributed by atoms with Crippen molar-refractivity contribution in [3.8, 4) is 6.07 Å². The maximum Gasteiger partial charge on any atom is 0.320 e. The van der Waals surface area contributed by atoms with Crippen molar-refractivity contribution in [2.45, 2.75) is 32.1 Å². The van der Waals surface area contributed by atoms with Crippen LogP contribution in [-0.2, 0) is 9.59 Å². The Hall–Kier alpha value is -2.09. The van der Waals surface area contributed by atoms with Gasteiger partial charge in [-0.15, -0.1) is 0 Å². The van der Waals surface area contributed by atoms with Gasteiger partial charge < -0.3 is 10.2 Å². The SMILES string of the molecule is C=C(CCCC(=O)O)C(=C)CCC(C#N)C(=O)O. The first kappa shape index (κ1) is 15.9. The van der Waals surface area contributed by atoms with E-state index in [9.17, 15) is 9.59 Å². The summed E-state index contributed by atoms with van der Waals surface area (Å²) in [5.41, 5.74) is 1.40. The van der Waals surface area contributed by atoms with E-state index in [4.69, 9.17) is 15.5 Å². The normalized spacial score (nSPS) is 11.3. The highest BCUT2D eigenvalue weighted by Crippen LogP contribution is 2.20. The smallest absolute Gasteiger partial charge is 0.320 e. The van der Waals surface area contributed by atoms with Crippen LogP contribution in [0.15, 0.2) is 24.3 Å². The zero-order valence-corrected chi connectivity index (χ0v) is 10.2. The summed E-state index contributed by atoms with van der Waals surface area (Å²) in [4.78, 5) is 20.9. The highest BCUT2D eigenvalue weighted by molar-refractivity contribution is 5.72. The number of carboxylic acid groups (broad SMARTS) is 2. The third-order valence-corrected chi connectivity index (χ3v) is 2.56. The van der Waals surface area contributed by atoms with Crippen molar-refractivity contribution in [2.75, 3.05) is 0 Å². The Labute approximate surface area is 106 Å². The monoisotopic (exact) mass is 251 g/mol. The van der Waals surface area contributed by atoms with Gasteiger partial charge in [0.05, 0.1) is 6.07 Å². The van der Waals surface area contributed by atoms with E-state index in [1.807, 2.05) is 0 Å². The quantitative estimate of drug-likeness (QED) is 0.613. The molecule has 0 rings (SSSR count). The molecule has 0 aliphatic rings. The van der Waals surface area contributed by atoms with Crippen LogP contribution in [0.2, 0.25) is 0 Å². The number of hydrogen-bond donors (Lipinski definition) is 2. The Balaban J connectivity index is 4.02. The maximum absolute atomic E-state index is 10.6. The molecule has 0 aromatic rings. The molecule has 98 valence electrons. The predicted octanol–water partition coefficient (Wildman–Crippen LogP) is 2.36. The summed E-state index contributed by atoms with van der Waals surface area (Å²) in [5, 5.41) is 25.8. The average Bonchev–Trinajstić information content (AvgIpc) is 2.28. The van der Waals surface area contributed by atoms with Gasteiger partial charge in [-0.1, -0.05) is 24.3 Å². The molecule has 0 aromatic carbocycles. The van der Waals surface area contributed by atoms with Gasteiger partial charge in [0.15, 0.2) is 0 Å². The van der Waals surface area contributed by atoms with E-state index < -0.39 is 17.9 Å². The Morgan fingerprint density at radius 2 is 1.67 bits per heavy atom. The van der Waals surface area contributed by atoms with E-state index in [1.54, 1.807) is 6.07 Å². The molecule has 1 atom stereocenters. The number of carboxylic acids is 2. The minimum atomic E-state index is -1.14. The minimum Gasteiger partial charge on any atom is -0.481 e. The Morgan fingerprint density at radius 3 is 2.11 bits per heavy atom. The van der Waals surface area contributed by atoms with E-state index in [-0.39, 0.29) is 12.8 Å². The highest BCUT2D eigenvalue weighted by Gasteiger charge is 2.16. The Morgan fingerprint density at radius 1 is 1.11 bits per heavy atom. The second-order valence-electron chi connectivity index (χ2n) is 4.01. The number of hydrogen-bond acceptors (Lipinski definition) is 3. The van der Waals surface area contributed by atoms with Crippen molar-refractivity contribution in [1.29, 1.82) is 5.26 Å². The van der Waals surface area contributed by atoms with Crippen molar-refractivity contribution in [2.24, 2.45) is 5.92 Å². The van der Waals surface area contributed by atoms with Crippen LogP contribution in [0.3, 0.4) is 0 Å². The van der Waals surface area contributed by atoms with Crippen LogP contribution in [0.25, 0.3) is 0 Å². The summed E-state index contributed by atoms with van der Waals surface area (Å²) in [6.45, 7) is 7.55. The van der Waals surface area contributed by atoms with E-state index in [0.717, 1.165) is 5.57 Å². The number of nitriles is 1. The second kappa shape index (κ2) is 8.07. The molecule has 0 spiro atoms. The Kier molecular flexibility index (Phi) is 7.13. The summed E-state index contributed by atoms with van der Waals surface area (Å²) in [7, 11) is 0. The van der Waals surface area contributed by atoms with Gasteiger partial charge in [0.1, 0.15) is 5.92 Å². The topological polar surface area (TPSA) is 98.4 Å². The summed E-state index contributed by atoms with van der Waals surface area (Å²) in [5.74, 6) is -3.03. The molecule has 0 amide bonds. The summed E-state index contributed by atoms with van der Waals surface area (Å²) in [6, 6.07) is 1.71. The van der Waals surface area contributed by atoms with Crippen LogP contribution >= 0.6 is 0 Å². The largest absolute Gasteiger partial charge is 0.481 e. The van der Waals surface area contributed by atoms with E-state index in [1.165, 1.54) is 0 Å². The molecular formula is C13H17NO4. The van der Waals surface area contributed by atoms with Crippen molar-refractivity contribution in [3.05, 3.63) is 24.3 Å². The second-order valence-corrected chi connectivity index (χ2v) is 4.01. The molecule has 0 bridgehead atoms. The molecule has 2 N–H and O–H groups in total. The average molecular weight is 251 g/mol. The molecule has 0 aliphatic carbocycles. The molecule has 0 aromatic heterocycles. The fraction of sp³-hybridized carbons (Fsp3) is 0.462. The lowest BCUT2D eigenvalue weighted by Crippen LogP contribution is -2.11. The predicted molar refractivity (Wildman–Crippen MR) is 65.7 cm³/mol. The van der Waals surface area contributed by atoms with Crippen molar-refractivity contribution >= 4 is 11.9 Å². The fourth-order valence-corrected chi connectivity index (χ4v) is 1.37. The summed E-state index contributed by atoms with van der Waals surface area (Å²) >= 11 is 0. The third-order valence-electron chi connectivity index (χ3n) is 2.56. The fourth-order valence-electron chi connectivity index (χ4n) is 1.37. The van der Waals surface area contributed by atoms with Crippen LogP contribution in [0.5, 0.6) is 0 Å². The van der Waals surface area contributed by atoms with Crippen molar-refractivity contribution in [1.82, 2.24) is 0 Å². The first-order valence-corrected chi connectivity index (χ1v) is 5.58. The molecule has 1 unspecified atom stereocenters. The zero-order chi connectivity index (χ0) is 14.1. The van der Waals surface area contributed by atoms with E-state index in [2.05, 4.69) is 13.2 Å².